The Morgan fingerprint density at radius 2 is 2.09 bits per heavy atom. The summed E-state index contributed by atoms with van der Waals surface area (Å²) in [5, 5.41) is 0. The number of carbonyl (C=O) groups is 1. The van der Waals surface area contributed by atoms with E-state index in [1.165, 1.54) is 4.57 Å². The van der Waals surface area contributed by atoms with E-state index in [0.29, 0.717) is 13.1 Å². The van der Waals surface area contributed by atoms with Crippen molar-refractivity contribution in [1.29, 1.82) is 0 Å². The maximum Gasteiger partial charge on any atom is 0.263 e. The van der Waals surface area contributed by atoms with Crippen LogP contribution in [-0.2, 0) is 7.05 Å². The highest BCUT2D eigenvalue weighted by atomic mass is 16.5. The van der Waals surface area contributed by atoms with Crippen LogP contribution in [0, 0.1) is 0 Å². The molecule has 1 saturated heterocycles. The molecule has 1 amide bonds. The van der Waals surface area contributed by atoms with Crippen LogP contribution in [0.25, 0.3) is 0 Å². The molecule has 3 rings (SSSR count). The summed E-state index contributed by atoms with van der Waals surface area (Å²) in [4.78, 5) is 30.1. The highest BCUT2D eigenvalue weighted by molar-refractivity contribution is 5.94. The van der Waals surface area contributed by atoms with Gasteiger partial charge in [0.05, 0.1) is 6.54 Å². The van der Waals surface area contributed by atoms with Crippen molar-refractivity contribution in [1.82, 2.24) is 14.5 Å². The highest BCUT2D eigenvalue weighted by Gasteiger charge is 2.29. The summed E-state index contributed by atoms with van der Waals surface area (Å²) < 4.78 is 7.24. The van der Waals surface area contributed by atoms with Gasteiger partial charge in [0, 0.05) is 38.6 Å². The molecule has 1 aliphatic heterocycles. The summed E-state index contributed by atoms with van der Waals surface area (Å²) in [6.07, 6.45) is 5.67. The lowest BCUT2D eigenvalue weighted by molar-refractivity contribution is 0.0770. The molecular weight excluding hydrogens is 282 g/mol. The third-order valence-corrected chi connectivity index (χ3v) is 3.74. The Morgan fingerprint density at radius 3 is 2.86 bits per heavy atom. The van der Waals surface area contributed by atoms with Gasteiger partial charge in [-0.05, 0) is 24.3 Å². The second-order valence-corrected chi connectivity index (χ2v) is 5.30. The first kappa shape index (κ1) is 14.3. The van der Waals surface area contributed by atoms with E-state index in [-0.39, 0.29) is 23.1 Å². The van der Waals surface area contributed by atoms with Gasteiger partial charge in [-0.15, -0.1) is 0 Å². The SMILES string of the molecule is Cn1cccc(C(=O)N2CC[C@@H](Oc3ccncc3)C2)c1=O. The molecule has 114 valence electrons. The van der Waals surface area contributed by atoms with Crippen LogP contribution >= 0.6 is 0 Å². The van der Waals surface area contributed by atoms with Crippen molar-refractivity contribution in [2.24, 2.45) is 7.05 Å². The minimum atomic E-state index is -0.272. The molecule has 22 heavy (non-hydrogen) atoms. The van der Waals surface area contributed by atoms with E-state index in [4.69, 9.17) is 4.74 Å². The number of amides is 1. The molecule has 0 saturated carbocycles. The van der Waals surface area contributed by atoms with Crippen LogP contribution in [0.5, 0.6) is 5.75 Å². The largest absolute Gasteiger partial charge is 0.488 e. The van der Waals surface area contributed by atoms with E-state index in [1.54, 1.807) is 54.8 Å². The van der Waals surface area contributed by atoms with Crippen molar-refractivity contribution >= 4 is 5.91 Å². The van der Waals surface area contributed by atoms with Gasteiger partial charge in [-0.25, -0.2) is 0 Å². The molecule has 0 unspecified atom stereocenters. The fourth-order valence-electron chi connectivity index (χ4n) is 2.55. The average molecular weight is 299 g/mol. The summed E-state index contributed by atoms with van der Waals surface area (Å²) in [5.74, 6) is 0.506. The topological polar surface area (TPSA) is 64.4 Å². The van der Waals surface area contributed by atoms with E-state index in [1.807, 2.05) is 0 Å². The third-order valence-electron chi connectivity index (χ3n) is 3.74. The molecule has 6 heteroatoms. The second-order valence-electron chi connectivity index (χ2n) is 5.30. The fourth-order valence-corrected chi connectivity index (χ4v) is 2.55. The smallest absolute Gasteiger partial charge is 0.263 e. The van der Waals surface area contributed by atoms with Crippen molar-refractivity contribution in [3.63, 3.8) is 0 Å². The first-order valence-corrected chi connectivity index (χ1v) is 7.17. The highest BCUT2D eigenvalue weighted by Crippen LogP contribution is 2.18. The van der Waals surface area contributed by atoms with Crippen molar-refractivity contribution in [2.75, 3.05) is 13.1 Å². The Labute approximate surface area is 128 Å². The molecule has 0 spiro atoms. The minimum Gasteiger partial charge on any atom is -0.488 e. The normalized spacial score (nSPS) is 17.5. The van der Waals surface area contributed by atoms with Gasteiger partial charge in [-0.1, -0.05) is 0 Å². The van der Waals surface area contributed by atoms with Gasteiger partial charge in [0.25, 0.3) is 11.5 Å². The minimum absolute atomic E-state index is 0.0566. The lowest BCUT2D eigenvalue weighted by atomic mass is 10.2. The van der Waals surface area contributed by atoms with Gasteiger partial charge in [0.15, 0.2) is 0 Å². The van der Waals surface area contributed by atoms with Crippen LogP contribution in [0.4, 0.5) is 0 Å². The fraction of sp³-hybridized carbons (Fsp3) is 0.312. The van der Waals surface area contributed by atoms with Gasteiger partial charge < -0.3 is 14.2 Å². The van der Waals surface area contributed by atoms with Crippen molar-refractivity contribution in [3.05, 3.63) is 58.8 Å². The molecule has 1 aliphatic rings. The van der Waals surface area contributed by atoms with Gasteiger partial charge in [0.2, 0.25) is 0 Å². The zero-order chi connectivity index (χ0) is 15.5. The van der Waals surface area contributed by atoms with Crippen LogP contribution in [0.1, 0.15) is 16.8 Å². The number of carbonyl (C=O) groups excluding carboxylic acids is 1. The molecular formula is C16H17N3O3. The number of nitrogens with zero attached hydrogens (tertiary/aromatic N) is 3. The molecule has 0 radical (unpaired) electrons. The number of aromatic nitrogens is 2. The quantitative estimate of drug-likeness (QED) is 0.850. The molecule has 0 N–H and O–H groups in total. The molecule has 0 aliphatic carbocycles. The van der Waals surface area contributed by atoms with Crippen molar-refractivity contribution < 1.29 is 9.53 Å². The average Bonchev–Trinajstić information content (AvgIpc) is 2.99. The molecule has 6 nitrogen and oxygen atoms in total. The predicted octanol–water partition coefficient (Wildman–Crippen LogP) is 1.07. The number of hydrogen-bond donors (Lipinski definition) is 0. The second kappa shape index (κ2) is 6.01. The Kier molecular flexibility index (Phi) is 3.91. The zero-order valence-electron chi connectivity index (χ0n) is 12.3. The van der Waals surface area contributed by atoms with Crippen LogP contribution in [-0.4, -0.2) is 39.6 Å². The van der Waals surface area contributed by atoms with E-state index in [0.717, 1.165) is 12.2 Å². The number of rotatable bonds is 3. The Bertz CT molecular complexity index is 727. The van der Waals surface area contributed by atoms with E-state index >= 15 is 0 Å². The Balaban J connectivity index is 1.69. The summed E-state index contributed by atoms with van der Waals surface area (Å²) in [6.45, 7) is 1.08. The van der Waals surface area contributed by atoms with Crippen LogP contribution in [0.3, 0.4) is 0 Å². The van der Waals surface area contributed by atoms with Crippen LogP contribution in [0.15, 0.2) is 47.7 Å². The first-order valence-electron chi connectivity index (χ1n) is 7.17. The van der Waals surface area contributed by atoms with Crippen molar-refractivity contribution in [2.45, 2.75) is 12.5 Å². The monoisotopic (exact) mass is 299 g/mol. The number of aryl methyl sites for hydroxylation is 1. The lowest BCUT2D eigenvalue weighted by Gasteiger charge is -2.17. The van der Waals surface area contributed by atoms with E-state index in [9.17, 15) is 9.59 Å². The van der Waals surface area contributed by atoms with E-state index in [2.05, 4.69) is 4.98 Å². The van der Waals surface area contributed by atoms with Gasteiger partial charge in [0.1, 0.15) is 17.4 Å². The molecule has 3 heterocycles. The Morgan fingerprint density at radius 1 is 1.32 bits per heavy atom. The summed E-state index contributed by atoms with van der Waals surface area (Å²) in [6, 6.07) is 6.85. The lowest BCUT2D eigenvalue weighted by Crippen LogP contribution is -2.35. The molecule has 0 bridgehead atoms. The molecule has 1 fully saturated rings. The van der Waals surface area contributed by atoms with Crippen molar-refractivity contribution in [3.8, 4) is 5.75 Å². The molecule has 0 aromatic carbocycles. The molecule has 2 aromatic rings. The third kappa shape index (κ3) is 2.86. The molecule has 1 atom stereocenters. The van der Waals surface area contributed by atoms with Crippen LogP contribution in [0.2, 0.25) is 0 Å². The van der Waals surface area contributed by atoms with E-state index < -0.39 is 0 Å². The predicted molar refractivity (Wildman–Crippen MR) is 80.9 cm³/mol. The first-order chi connectivity index (χ1) is 10.6. The number of ether oxygens (including phenoxy) is 1. The van der Waals surface area contributed by atoms with Gasteiger partial charge in [-0.3, -0.25) is 14.6 Å². The maximum atomic E-state index is 12.5. The number of hydrogen-bond acceptors (Lipinski definition) is 4. The molecule has 2 aromatic heterocycles. The number of likely N-dealkylation sites (tertiary alicyclic amines) is 1. The van der Waals surface area contributed by atoms with Crippen LogP contribution < -0.4 is 10.3 Å². The maximum absolute atomic E-state index is 12.5. The Hall–Kier alpha value is -2.63. The summed E-state index contributed by atoms with van der Waals surface area (Å²) >= 11 is 0. The standard InChI is InChI=1S/C16H17N3O3/c1-18-9-2-3-14(15(18)20)16(21)19-10-6-13(11-19)22-12-4-7-17-8-5-12/h2-5,7-9,13H,6,10-11H2,1H3/t13-/m1/s1. The summed E-state index contributed by atoms with van der Waals surface area (Å²) in [5.41, 5.74) is -0.0689. The number of pyridine rings is 2. The summed E-state index contributed by atoms with van der Waals surface area (Å²) in [7, 11) is 1.64. The van der Waals surface area contributed by atoms with Gasteiger partial charge >= 0.3 is 0 Å². The zero-order valence-corrected chi connectivity index (χ0v) is 12.3. The van der Waals surface area contributed by atoms with Gasteiger partial charge in [-0.2, -0.15) is 0 Å².